The lowest BCUT2D eigenvalue weighted by Crippen LogP contribution is -2.58. The maximum Gasteiger partial charge on any atom is 0.312 e. The Morgan fingerprint density at radius 3 is 2.26 bits per heavy atom. The molecule has 2 saturated heterocycles. The summed E-state index contributed by atoms with van der Waals surface area (Å²) >= 11 is 0. The van der Waals surface area contributed by atoms with Crippen LogP contribution in [0.4, 0.5) is 0 Å². The smallest absolute Gasteiger partial charge is 0.312 e. The van der Waals surface area contributed by atoms with Gasteiger partial charge < -0.3 is 9.80 Å². The van der Waals surface area contributed by atoms with Crippen LogP contribution in [0.25, 0.3) is 0 Å². The van der Waals surface area contributed by atoms with Crippen molar-refractivity contribution in [1.29, 1.82) is 0 Å². The molecule has 0 spiro atoms. The first-order valence-corrected chi connectivity index (χ1v) is 12.0. The molecule has 7 nitrogen and oxygen atoms in total. The number of rotatable bonds is 5. The van der Waals surface area contributed by atoms with Crippen LogP contribution in [0.5, 0.6) is 0 Å². The first kappa shape index (κ1) is 21.5. The number of carbonyl (C=O) groups is 2. The molecule has 2 aliphatic rings. The van der Waals surface area contributed by atoms with E-state index in [9.17, 15) is 18.0 Å². The number of carbonyl (C=O) groups excluding carboxylic acids is 2. The van der Waals surface area contributed by atoms with Gasteiger partial charge in [-0.05, 0) is 43.0 Å². The number of amides is 2. The number of hydrogen-bond acceptors (Lipinski definition) is 4. The van der Waals surface area contributed by atoms with Crippen LogP contribution in [-0.2, 0) is 26.2 Å². The van der Waals surface area contributed by atoms with Crippen molar-refractivity contribution < 1.29 is 18.0 Å². The van der Waals surface area contributed by atoms with Gasteiger partial charge in [0.15, 0.2) is 0 Å². The molecule has 2 aromatic rings. The molecule has 2 aliphatic heterocycles. The lowest BCUT2D eigenvalue weighted by Gasteiger charge is -2.41. The summed E-state index contributed by atoms with van der Waals surface area (Å²) in [7, 11) is -3.55. The van der Waals surface area contributed by atoms with Crippen LogP contribution >= 0.6 is 0 Å². The highest BCUT2D eigenvalue weighted by atomic mass is 32.2. The first-order chi connectivity index (χ1) is 14.9. The minimum absolute atomic E-state index is 0.112. The summed E-state index contributed by atoms with van der Waals surface area (Å²) < 4.78 is 27.4. The van der Waals surface area contributed by atoms with Crippen LogP contribution < -0.4 is 0 Å². The van der Waals surface area contributed by atoms with Crippen molar-refractivity contribution >= 4 is 21.8 Å². The molecule has 4 rings (SSSR count). The Morgan fingerprint density at radius 1 is 0.871 bits per heavy atom. The van der Waals surface area contributed by atoms with E-state index in [0.29, 0.717) is 50.5 Å². The fourth-order valence-corrected chi connectivity index (χ4v) is 5.89. The highest BCUT2D eigenvalue weighted by Gasteiger charge is 2.39. The van der Waals surface area contributed by atoms with Crippen molar-refractivity contribution in [2.45, 2.75) is 37.2 Å². The number of piperidine rings is 1. The van der Waals surface area contributed by atoms with Crippen molar-refractivity contribution in [3.8, 4) is 0 Å². The second-order valence-electron chi connectivity index (χ2n) is 8.16. The predicted octanol–water partition coefficient (Wildman–Crippen LogP) is 2.02. The van der Waals surface area contributed by atoms with Gasteiger partial charge in [-0.3, -0.25) is 9.59 Å². The molecule has 0 atom stereocenters. The van der Waals surface area contributed by atoms with Crippen LogP contribution in [-0.4, -0.2) is 66.6 Å². The molecule has 0 saturated carbocycles. The highest BCUT2D eigenvalue weighted by molar-refractivity contribution is 7.89. The fraction of sp³-hybridized carbons (Fsp3) is 0.391. The molecule has 0 radical (unpaired) electrons. The number of piperazine rings is 1. The van der Waals surface area contributed by atoms with Gasteiger partial charge in [-0.15, -0.1) is 0 Å². The van der Waals surface area contributed by atoms with E-state index < -0.39 is 21.8 Å². The minimum atomic E-state index is -3.55. The van der Waals surface area contributed by atoms with E-state index >= 15 is 0 Å². The van der Waals surface area contributed by atoms with Crippen LogP contribution in [0, 0.1) is 6.92 Å². The summed E-state index contributed by atoms with van der Waals surface area (Å²) in [6, 6.07) is 16.4. The summed E-state index contributed by atoms with van der Waals surface area (Å²) in [6.45, 7) is 3.94. The molecule has 0 unspecified atom stereocenters. The summed E-state index contributed by atoms with van der Waals surface area (Å²) in [5.74, 6) is -0.966. The Labute approximate surface area is 183 Å². The summed E-state index contributed by atoms with van der Waals surface area (Å²) in [6.07, 6.45) is 1.06. The molecule has 2 fully saturated rings. The van der Waals surface area contributed by atoms with E-state index in [1.54, 1.807) is 28.0 Å². The summed E-state index contributed by atoms with van der Waals surface area (Å²) in [4.78, 5) is 28.9. The fourth-order valence-electron chi connectivity index (χ4n) is 4.31. The predicted molar refractivity (Wildman–Crippen MR) is 117 cm³/mol. The van der Waals surface area contributed by atoms with Crippen molar-refractivity contribution in [2.24, 2.45) is 0 Å². The molecule has 2 amide bonds. The van der Waals surface area contributed by atoms with E-state index in [1.807, 2.05) is 43.3 Å². The van der Waals surface area contributed by atoms with Gasteiger partial charge in [-0.25, -0.2) is 8.42 Å². The molecule has 2 heterocycles. The van der Waals surface area contributed by atoms with Gasteiger partial charge in [0.2, 0.25) is 10.0 Å². The molecule has 8 heteroatoms. The number of hydrogen-bond donors (Lipinski definition) is 0. The SMILES string of the molecule is Cc1cccc(S(=O)(=O)N2CCC(N3CCN(Cc4ccccc4)C(=O)C3=O)CC2)c1. The maximum absolute atomic E-state index is 12.9. The average Bonchev–Trinajstić information content (AvgIpc) is 2.78. The van der Waals surface area contributed by atoms with E-state index in [0.717, 1.165) is 11.1 Å². The lowest BCUT2D eigenvalue weighted by atomic mass is 10.0. The van der Waals surface area contributed by atoms with Gasteiger partial charge in [0.1, 0.15) is 0 Å². The Kier molecular flexibility index (Phi) is 6.11. The second kappa shape index (κ2) is 8.80. The van der Waals surface area contributed by atoms with Crippen LogP contribution in [0.15, 0.2) is 59.5 Å². The highest BCUT2D eigenvalue weighted by Crippen LogP contribution is 2.25. The standard InChI is InChI=1S/C23H27N3O4S/c1-18-6-5-9-21(16-18)31(29,30)25-12-10-20(11-13-25)26-15-14-24(22(27)23(26)28)17-19-7-3-2-4-8-19/h2-9,16,20H,10-15,17H2,1H3. The normalized spacial score (nSPS) is 19.1. The van der Waals surface area contributed by atoms with Gasteiger partial charge >= 0.3 is 11.8 Å². The van der Waals surface area contributed by atoms with Gasteiger partial charge in [0.25, 0.3) is 0 Å². The van der Waals surface area contributed by atoms with Gasteiger partial charge in [0.05, 0.1) is 4.90 Å². The number of benzene rings is 2. The Morgan fingerprint density at radius 2 is 1.58 bits per heavy atom. The molecule has 0 N–H and O–H groups in total. The maximum atomic E-state index is 12.9. The Balaban J connectivity index is 1.37. The van der Waals surface area contributed by atoms with E-state index in [1.165, 1.54) is 4.31 Å². The average molecular weight is 442 g/mol. The van der Waals surface area contributed by atoms with Crippen molar-refractivity contribution in [3.63, 3.8) is 0 Å². The van der Waals surface area contributed by atoms with Crippen molar-refractivity contribution in [2.75, 3.05) is 26.2 Å². The molecule has 2 aromatic carbocycles. The van der Waals surface area contributed by atoms with Crippen LogP contribution in [0.1, 0.15) is 24.0 Å². The third-order valence-electron chi connectivity index (χ3n) is 6.05. The summed E-state index contributed by atoms with van der Waals surface area (Å²) in [5, 5.41) is 0. The number of nitrogens with zero attached hydrogens (tertiary/aromatic N) is 3. The molecular formula is C23H27N3O4S. The van der Waals surface area contributed by atoms with E-state index in [4.69, 9.17) is 0 Å². The number of aryl methyl sites for hydroxylation is 1. The third kappa shape index (κ3) is 4.50. The molecule has 31 heavy (non-hydrogen) atoms. The van der Waals surface area contributed by atoms with Gasteiger partial charge in [-0.1, -0.05) is 42.5 Å². The zero-order valence-corrected chi connectivity index (χ0v) is 18.4. The molecule has 0 aromatic heterocycles. The molecule has 164 valence electrons. The topological polar surface area (TPSA) is 78.0 Å². The monoisotopic (exact) mass is 441 g/mol. The van der Waals surface area contributed by atoms with Gasteiger partial charge in [-0.2, -0.15) is 4.31 Å². The van der Waals surface area contributed by atoms with E-state index in [2.05, 4.69) is 0 Å². The molecular weight excluding hydrogens is 414 g/mol. The minimum Gasteiger partial charge on any atom is -0.330 e. The summed E-state index contributed by atoms with van der Waals surface area (Å²) in [5.41, 5.74) is 1.89. The Bertz CT molecular complexity index is 1060. The van der Waals surface area contributed by atoms with Crippen molar-refractivity contribution in [3.05, 3.63) is 65.7 Å². The lowest BCUT2D eigenvalue weighted by molar-refractivity contribution is -0.158. The number of sulfonamides is 1. The second-order valence-corrected chi connectivity index (χ2v) is 10.1. The zero-order valence-electron chi connectivity index (χ0n) is 17.6. The third-order valence-corrected chi connectivity index (χ3v) is 7.94. The zero-order chi connectivity index (χ0) is 22.0. The van der Waals surface area contributed by atoms with Gasteiger partial charge in [0, 0.05) is 38.8 Å². The van der Waals surface area contributed by atoms with Crippen LogP contribution in [0.3, 0.4) is 0 Å². The molecule has 0 aliphatic carbocycles. The Hall–Kier alpha value is -2.71. The van der Waals surface area contributed by atoms with E-state index in [-0.39, 0.29) is 6.04 Å². The van der Waals surface area contributed by atoms with Crippen LogP contribution in [0.2, 0.25) is 0 Å². The quantitative estimate of drug-likeness (QED) is 0.665. The first-order valence-electron chi connectivity index (χ1n) is 10.6. The largest absolute Gasteiger partial charge is 0.330 e. The molecule has 0 bridgehead atoms. The van der Waals surface area contributed by atoms with Crippen molar-refractivity contribution in [1.82, 2.24) is 14.1 Å².